The van der Waals surface area contributed by atoms with Crippen molar-refractivity contribution in [2.24, 2.45) is 0 Å². The summed E-state index contributed by atoms with van der Waals surface area (Å²) in [6, 6.07) is 5.29. The zero-order valence-corrected chi connectivity index (χ0v) is 14.4. The largest absolute Gasteiger partial charge is 0.466 e. The monoisotopic (exact) mass is 340 g/mol. The molecule has 0 aliphatic heterocycles. The molecular weight excluding hydrogens is 320 g/mol. The van der Waals surface area contributed by atoms with Crippen LogP contribution in [0.15, 0.2) is 30.0 Å². The number of para-hydroxylation sites is 1. The minimum absolute atomic E-state index is 0.0324. The number of halogens is 1. The van der Waals surface area contributed by atoms with Crippen molar-refractivity contribution in [1.29, 1.82) is 0 Å². The van der Waals surface area contributed by atoms with Crippen LogP contribution in [0.5, 0.6) is 0 Å². The van der Waals surface area contributed by atoms with E-state index in [1.54, 1.807) is 18.2 Å². The molecule has 0 aliphatic carbocycles. The van der Waals surface area contributed by atoms with Crippen LogP contribution >= 0.6 is 11.6 Å². The molecule has 0 radical (unpaired) electrons. The van der Waals surface area contributed by atoms with Gasteiger partial charge in [-0.15, -0.1) is 0 Å². The lowest BCUT2D eigenvalue weighted by Crippen LogP contribution is -2.24. The second-order valence-corrected chi connectivity index (χ2v) is 4.91. The quantitative estimate of drug-likeness (QED) is 0.608. The van der Waals surface area contributed by atoms with Crippen LogP contribution in [-0.2, 0) is 19.1 Å². The second kappa shape index (κ2) is 9.05. The third kappa shape index (κ3) is 4.89. The van der Waals surface area contributed by atoms with Gasteiger partial charge in [0, 0.05) is 13.1 Å². The number of carbonyl (C=O) groups excluding carboxylic acids is 2. The van der Waals surface area contributed by atoms with Gasteiger partial charge in [-0.05, 0) is 26.0 Å². The van der Waals surface area contributed by atoms with Crippen LogP contribution in [0.4, 0.5) is 11.4 Å². The van der Waals surface area contributed by atoms with Crippen molar-refractivity contribution < 1.29 is 19.1 Å². The zero-order chi connectivity index (χ0) is 17.4. The number of anilines is 2. The summed E-state index contributed by atoms with van der Waals surface area (Å²) in [5.41, 5.74) is 1.32. The normalized spacial score (nSPS) is 10.9. The maximum absolute atomic E-state index is 11.9. The number of esters is 2. The molecule has 1 aromatic rings. The summed E-state index contributed by atoms with van der Waals surface area (Å²) in [5.74, 6) is -1.34. The Morgan fingerprint density at radius 3 is 2.39 bits per heavy atom. The van der Waals surface area contributed by atoms with E-state index < -0.39 is 11.9 Å². The smallest absolute Gasteiger partial charge is 0.354 e. The van der Waals surface area contributed by atoms with E-state index in [-0.39, 0.29) is 5.70 Å². The van der Waals surface area contributed by atoms with E-state index >= 15 is 0 Å². The van der Waals surface area contributed by atoms with E-state index in [9.17, 15) is 9.59 Å². The van der Waals surface area contributed by atoms with Crippen LogP contribution in [0.1, 0.15) is 13.8 Å². The Hall–Kier alpha value is -2.21. The Balaban J connectivity index is 3.29. The number of hydrogen-bond acceptors (Lipinski definition) is 6. The van der Waals surface area contributed by atoms with Gasteiger partial charge in [-0.1, -0.05) is 17.7 Å². The minimum Gasteiger partial charge on any atom is -0.466 e. The summed E-state index contributed by atoms with van der Waals surface area (Å²) in [5, 5.41) is 3.46. The van der Waals surface area contributed by atoms with Crippen molar-refractivity contribution in [3.8, 4) is 0 Å². The van der Waals surface area contributed by atoms with Gasteiger partial charge >= 0.3 is 11.9 Å². The molecule has 0 fully saturated rings. The molecule has 0 aromatic heterocycles. The predicted molar refractivity (Wildman–Crippen MR) is 90.8 cm³/mol. The maximum Gasteiger partial charge on any atom is 0.354 e. The molecule has 0 amide bonds. The molecular formula is C16H21ClN2O4. The highest BCUT2D eigenvalue weighted by molar-refractivity contribution is 6.34. The molecule has 0 unspecified atom stereocenters. The molecule has 1 aromatic carbocycles. The van der Waals surface area contributed by atoms with Crippen molar-refractivity contribution in [3.05, 3.63) is 35.0 Å². The number of rotatable bonds is 7. The van der Waals surface area contributed by atoms with Crippen LogP contribution in [0.2, 0.25) is 5.02 Å². The van der Waals surface area contributed by atoms with Gasteiger partial charge in [-0.3, -0.25) is 0 Å². The van der Waals surface area contributed by atoms with Gasteiger partial charge in [0.15, 0.2) is 0 Å². The van der Waals surface area contributed by atoms with Crippen molar-refractivity contribution >= 4 is 34.9 Å². The van der Waals surface area contributed by atoms with Gasteiger partial charge in [0.2, 0.25) is 0 Å². The van der Waals surface area contributed by atoms with E-state index in [0.29, 0.717) is 10.7 Å². The fraction of sp³-hybridized carbons (Fsp3) is 0.375. The summed E-state index contributed by atoms with van der Waals surface area (Å²) in [7, 11) is 2.47. The van der Waals surface area contributed by atoms with Gasteiger partial charge in [0.05, 0.1) is 36.7 Å². The Morgan fingerprint density at radius 1 is 1.22 bits per heavy atom. The zero-order valence-electron chi connectivity index (χ0n) is 13.7. The van der Waals surface area contributed by atoms with Crippen molar-refractivity contribution in [2.45, 2.75) is 13.8 Å². The Bertz CT molecular complexity index is 598. The summed E-state index contributed by atoms with van der Waals surface area (Å²) in [4.78, 5) is 25.4. The molecule has 1 rings (SSSR count). The topological polar surface area (TPSA) is 67.9 Å². The highest BCUT2D eigenvalue weighted by Gasteiger charge is 2.18. The summed E-state index contributed by atoms with van der Waals surface area (Å²) in [6.45, 7) is 5.48. The first-order chi connectivity index (χ1) is 11.0. The lowest BCUT2D eigenvalue weighted by atomic mass is 10.2. The van der Waals surface area contributed by atoms with Gasteiger partial charge in [0.1, 0.15) is 5.70 Å². The molecule has 126 valence electrons. The van der Waals surface area contributed by atoms with E-state index in [0.717, 1.165) is 24.9 Å². The third-order valence-electron chi connectivity index (χ3n) is 3.20. The van der Waals surface area contributed by atoms with Crippen LogP contribution in [0.25, 0.3) is 0 Å². The fourth-order valence-electron chi connectivity index (χ4n) is 2.06. The molecule has 0 heterocycles. The number of methoxy groups -OCH3 is 2. The SMILES string of the molecule is CCN(CC)c1c(Cl)cccc1N/C(=C/C(=O)OC)C(=O)OC. The van der Waals surface area contributed by atoms with E-state index in [4.69, 9.17) is 11.6 Å². The first-order valence-corrected chi connectivity index (χ1v) is 7.54. The Labute approximate surface area is 141 Å². The van der Waals surface area contributed by atoms with E-state index in [1.807, 2.05) is 18.7 Å². The summed E-state index contributed by atoms with van der Waals surface area (Å²) in [6.07, 6.45) is 1.04. The molecule has 1 N–H and O–H groups in total. The van der Waals surface area contributed by atoms with Gasteiger partial charge in [-0.25, -0.2) is 9.59 Å². The van der Waals surface area contributed by atoms with Crippen molar-refractivity contribution in [2.75, 3.05) is 37.5 Å². The maximum atomic E-state index is 11.9. The highest BCUT2D eigenvalue weighted by Crippen LogP contribution is 2.34. The Kier molecular flexibility index (Phi) is 7.41. The number of ether oxygens (including phenoxy) is 2. The van der Waals surface area contributed by atoms with Gasteiger partial charge < -0.3 is 19.7 Å². The molecule has 0 bridgehead atoms. The molecule has 23 heavy (non-hydrogen) atoms. The first-order valence-electron chi connectivity index (χ1n) is 7.16. The number of hydrogen-bond donors (Lipinski definition) is 1. The predicted octanol–water partition coefficient (Wildman–Crippen LogP) is 2.83. The van der Waals surface area contributed by atoms with Gasteiger partial charge in [-0.2, -0.15) is 0 Å². The lowest BCUT2D eigenvalue weighted by Gasteiger charge is -2.26. The fourth-order valence-corrected chi connectivity index (χ4v) is 2.35. The standard InChI is InChI=1S/C16H21ClN2O4/c1-5-19(6-2)15-11(17)8-7-9-12(15)18-13(16(21)23-4)10-14(20)22-3/h7-10,18H,5-6H2,1-4H3/b13-10+. The molecule has 0 saturated heterocycles. The Morgan fingerprint density at radius 2 is 1.87 bits per heavy atom. The molecule has 0 atom stereocenters. The number of nitrogens with one attached hydrogen (secondary N) is 1. The molecule has 6 nitrogen and oxygen atoms in total. The highest BCUT2D eigenvalue weighted by atomic mass is 35.5. The number of nitrogens with zero attached hydrogens (tertiary/aromatic N) is 1. The second-order valence-electron chi connectivity index (χ2n) is 4.51. The molecule has 0 aliphatic rings. The summed E-state index contributed by atoms with van der Waals surface area (Å²) < 4.78 is 9.25. The minimum atomic E-state index is -0.680. The lowest BCUT2D eigenvalue weighted by molar-refractivity contribution is -0.138. The first kappa shape index (κ1) is 18.8. The summed E-state index contributed by atoms with van der Waals surface area (Å²) >= 11 is 6.30. The van der Waals surface area contributed by atoms with Crippen molar-refractivity contribution in [1.82, 2.24) is 0 Å². The van der Waals surface area contributed by atoms with Crippen LogP contribution in [0, 0.1) is 0 Å². The van der Waals surface area contributed by atoms with E-state index in [2.05, 4.69) is 14.8 Å². The molecule has 0 spiro atoms. The van der Waals surface area contributed by atoms with Crippen LogP contribution in [-0.4, -0.2) is 39.2 Å². The molecule has 7 heteroatoms. The van der Waals surface area contributed by atoms with Crippen molar-refractivity contribution in [3.63, 3.8) is 0 Å². The van der Waals surface area contributed by atoms with Gasteiger partial charge in [0.25, 0.3) is 0 Å². The third-order valence-corrected chi connectivity index (χ3v) is 3.51. The number of benzene rings is 1. The molecule has 0 saturated carbocycles. The van der Waals surface area contributed by atoms with Crippen LogP contribution < -0.4 is 10.2 Å². The number of carbonyl (C=O) groups is 2. The van der Waals surface area contributed by atoms with Crippen LogP contribution in [0.3, 0.4) is 0 Å². The average molecular weight is 341 g/mol. The average Bonchev–Trinajstić information content (AvgIpc) is 2.56. The van der Waals surface area contributed by atoms with E-state index in [1.165, 1.54) is 14.2 Å².